The molecule has 4 nitrogen and oxygen atoms in total. The predicted octanol–water partition coefficient (Wildman–Crippen LogP) is 3.29. The van der Waals surface area contributed by atoms with Crippen LogP contribution in [0.4, 0.5) is 13.2 Å². The van der Waals surface area contributed by atoms with Gasteiger partial charge in [-0.2, -0.15) is 18.4 Å². The Hall–Kier alpha value is -2.43. The fourth-order valence-electron chi connectivity index (χ4n) is 2.96. The number of rotatable bonds is 4. The third-order valence-corrected chi connectivity index (χ3v) is 4.49. The maximum atomic E-state index is 12.6. The van der Waals surface area contributed by atoms with E-state index in [0.29, 0.717) is 17.8 Å². The SMILES string of the molecule is N#Cc1ccc(CN2CCN(Cc3ccc(C(F)(F)F)cn3)CC2)cc1. The standard InChI is InChI=1S/C19H19F3N4/c20-19(21,22)17-5-6-18(24-12-17)14-26-9-7-25(8-10-26)13-16-3-1-15(11-23)2-4-16/h1-6,12H,7-10,13-14H2. The summed E-state index contributed by atoms with van der Waals surface area (Å²) in [5, 5.41) is 8.83. The fraction of sp³-hybridized carbons (Fsp3) is 0.368. The molecule has 0 unspecified atom stereocenters. The second-order valence-corrected chi connectivity index (χ2v) is 6.40. The van der Waals surface area contributed by atoms with Crippen LogP contribution in [-0.2, 0) is 19.3 Å². The second kappa shape index (κ2) is 7.85. The second-order valence-electron chi connectivity index (χ2n) is 6.40. The molecule has 0 N–H and O–H groups in total. The lowest BCUT2D eigenvalue weighted by Gasteiger charge is -2.34. The Kier molecular flexibility index (Phi) is 5.55. The average Bonchev–Trinajstić information content (AvgIpc) is 2.64. The number of hydrogen-bond acceptors (Lipinski definition) is 4. The first kappa shape index (κ1) is 18.4. The van der Waals surface area contributed by atoms with Crippen molar-refractivity contribution in [1.29, 1.82) is 5.26 Å². The molecule has 0 saturated carbocycles. The van der Waals surface area contributed by atoms with Crippen molar-refractivity contribution in [2.45, 2.75) is 19.3 Å². The van der Waals surface area contributed by atoms with Gasteiger partial charge in [-0.25, -0.2) is 0 Å². The van der Waals surface area contributed by atoms with Crippen molar-refractivity contribution in [2.24, 2.45) is 0 Å². The van der Waals surface area contributed by atoms with Crippen LogP contribution in [0.5, 0.6) is 0 Å². The van der Waals surface area contributed by atoms with Crippen molar-refractivity contribution < 1.29 is 13.2 Å². The number of aromatic nitrogens is 1. The van der Waals surface area contributed by atoms with Crippen LogP contribution < -0.4 is 0 Å². The lowest BCUT2D eigenvalue weighted by atomic mass is 10.1. The Balaban J connectivity index is 1.48. The van der Waals surface area contributed by atoms with Crippen molar-refractivity contribution in [3.8, 4) is 6.07 Å². The number of benzene rings is 1. The molecule has 1 aliphatic rings. The number of alkyl halides is 3. The van der Waals surface area contributed by atoms with Gasteiger partial charge in [0, 0.05) is 45.5 Å². The molecule has 0 atom stereocenters. The summed E-state index contributed by atoms with van der Waals surface area (Å²) in [5.74, 6) is 0. The molecular formula is C19H19F3N4. The zero-order valence-corrected chi connectivity index (χ0v) is 14.2. The average molecular weight is 360 g/mol. The summed E-state index contributed by atoms with van der Waals surface area (Å²) in [5.41, 5.74) is 1.76. The number of halogens is 3. The van der Waals surface area contributed by atoms with Crippen molar-refractivity contribution in [3.63, 3.8) is 0 Å². The van der Waals surface area contributed by atoms with E-state index in [4.69, 9.17) is 5.26 Å². The third-order valence-electron chi connectivity index (χ3n) is 4.49. The molecule has 1 aromatic carbocycles. The number of nitriles is 1. The van der Waals surface area contributed by atoms with Gasteiger partial charge in [0.2, 0.25) is 0 Å². The van der Waals surface area contributed by atoms with Crippen molar-refractivity contribution >= 4 is 0 Å². The van der Waals surface area contributed by atoms with Crippen LogP contribution in [0.2, 0.25) is 0 Å². The third kappa shape index (κ3) is 4.81. The zero-order valence-electron chi connectivity index (χ0n) is 14.2. The highest BCUT2D eigenvalue weighted by atomic mass is 19.4. The van der Waals surface area contributed by atoms with Crippen LogP contribution in [0.15, 0.2) is 42.6 Å². The fourth-order valence-corrected chi connectivity index (χ4v) is 2.96. The summed E-state index contributed by atoms with van der Waals surface area (Å²) in [4.78, 5) is 8.47. The minimum Gasteiger partial charge on any atom is -0.297 e. The van der Waals surface area contributed by atoms with Crippen molar-refractivity contribution in [1.82, 2.24) is 14.8 Å². The van der Waals surface area contributed by atoms with Gasteiger partial charge in [0.05, 0.1) is 22.9 Å². The van der Waals surface area contributed by atoms with Crippen LogP contribution in [0.25, 0.3) is 0 Å². The molecule has 7 heteroatoms. The van der Waals surface area contributed by atoms with Gasteiger partial charge in [0.1, 0.15) is 0 Å². The Morgan fingerprint density at radius 2 is 1.54 bits per heavy atom. The van der Waals surface area contributed by atoms with Crippen molar-refractivity contribution in [3.05, 3.63) is 65.0 Å². The van der Waals surface area contributed by atoms with Crippen LogP contribution in [0.1, 0.15) is 22.4 Å². The molecule has 0 radical (unpaired) electrons. The lowest BCUT2D eigenvalue weighted by molar-refractivity contribution is -0.137. The van der Waals surface area contributed by atoms with Gasteiger partial charge < -0.3 is 0 Å². The number of nitrogens with zero attached hydrogens (tertiary/aromatic N) is 4. The Bertz CT molecular complexity index is 755. The Morgan fingerprint density at radius 1 is 0.923 bits per heavy atom. The molecule has 1 saturated heterocycles. The van der Waals surface area contributed by atoms with E-state index in [9.17, 15) is 13.2 Å². The summed E-state index contributed by atoms with van der Waals surface area (Å²) in [7, 11) is 0. The summed E-state index contributed by atoms with van der Waals surface area (Å²) in [6.07, 6.45) is -3.45. The maximum absolute atomic E-state index is 12.6. The number of piperazine rings is 1. The minimum absolute atomic E-state index is 0.558. The van der Waals surface area contributed by atoms with Crippen LogP contribution in [-0.4, -0.2) is 41.0 Å². The molecule has 26 heavy (non-hydrogen) atoms. The normalized spacial score (nSPS) is 16.4. The first-order valence-electron chi connectivity index (χ1n) is 8.40. The topological polar surface area (TPSA) is 43.2 Å². The number of hydrogen-bond donors (Lipinski definition) is 0. The molecule has 2 aromatic rings. The monoisotopic (exact) mass is 360 g/mol. The van der Waals surface area contributed by atoms with E-state index in [0.717, 1.165) is 45.0 Å². The van der Waals surface area contributed by atoms with Gasteiger partial charge in [0.15, 0.2) is 0 Å². The highest BCUT2D eigenvalue weighted by Gasteiger charge is 2.30. The summed E-state index contributed by atoms with van der Waals surface area (Å²) < 4.78 is 37.7. The van der Waals surface area contributed by atoms with E-state index in [2.05, 4.69) is 20.9 Å². The minimum atomic E-state index is -4.34. The van der Waals surface area contributed by atoms with E-state index < -0.39 is 11.7 Å². The highest BCUT2D eigenvalue weighted by molar-refractivity contribution is 5.31. The molecule has 0 bridgehead atoms. The van der Waals surface area contributed by atoms with E-state index in [1.165, 1.54) is 11.6 Å². The lowest BCUT2D eigenvalue weighted by Crippen LogP contribution is -2.45. The Morgan fingerprint density at radius 3 is 2.04 bits per heavy atom. The van der Waals surface area contributed by atoms with Gasteiger partial charge in [-0.05, 0) is 29.8 Å². The summed E-state index contributed by atoms with van der Waals surface area (Å²) in [6.45, 7) is 4.86. The van der Waals surface area contributed by atoms with Crippen LogP contribution in [0.3, 0.4) is 0 Å². The van der Waals surface area contributed by atoms with E-state index in [1.807, 2.05) is 24.3 Å². The first-order valence-corrected chi connectivity index (χ1v) is 8.40. The maximum Gasteiger partial charge on any atom is 0.417 e. The molecule has 0 aliphatic carbocycles. The van der Waals surface area contributed by atoms with Crippen LogP contribution in [0, 0.1) is 11.3 Å². The van der Waals surface area contributed by atoms with E-state index >= 15 is 0 Å². The molecule has 1 aliphatic heterocycles. The van der Waals surface area contributed by atoms with Gasteiger partial charge in [0.25, 0.3) is 0 Å². The Labute approximate surface area is 150 Å². The molecular weight excluding hydrogens is 341 g/mol. The molecule has 0 spiro atoms. The van der Waals surface area contributed by atoms with Crippen LogP contribution >= 0.6 is 0 Å². The van der Waals surface area contributed by atoms with E-state index in [1.54, 1.807) is 0 Å². The number of pyridine rings is 1. The van der Waals surface area contributed by atoms with Gasteiger partial charge >= 0.3 is 6.18 Å². The van der Waals surface area contributed by atoms with Gasteiger partial charge in [-0.3, -0.25) is 14.8 Å². The van der Waals surface area contributed by atoms with Gasteiger partial charge in [-0.15, -0.1) is 0 Å². The molecule has 0 amide bonds. The summed E-state index contributed by atoms with van der Waals surface area (Å²) >= 11 is 0. The summed E-state index contributed by atoms with van der Waals surface area (Å²) in [6, 6.07) is 12.2. The first-order chi connectivity index (χ1) is 12.4. The predicted molar refractivity (Wildman–Crippen MR) is 91.0 cm³/mol. The highest BCUT2D eigenvalue weighted by Crippen LogP contribution is 2.28. The largest absolute Gasteiger partial charge is 0.417 e. The molecule has 3 rings (SSSR count). The molecule has 2 heterocycles. The molecule has 1 aromatic heterocycles. The van der Waals surface area contributed by atoms with E-state index in [-0.39, 0.29) is 0 Å². The quantitative estimate of drug-likeness (QED) is 0.839. The zero-order chi connectivity index (χ0) is 18.6. The van der Waals surface area contributed by atoms with Gasteiger partial charge in [-0.1, -0.05) is 12.1 Å². The molecule has 136 valence electrons. The van der Waals surface area contributed by atoms with Crippen molar-refractivity contribution in [2.75, 3.05) is 26.2 Å². The molecule has 1 fully saturated rings. The smallest absolute Gasteiger partial charge is 0.297 e.